The largest absolute Gasteiger partial charge is 0.497 e. The van der Waals surface area contributed by atoms with Crippen molar-refractivity contribution in [2.45, 2.75) is 13.0 Å². The van der Waals surface area contributed by atoms with Crippen LogP contribution in [-0.2, 0) is 4.79 Å². The molecule has 1 aromatic rings. The summed E-state index contributed by atoms with van der Waals surface area (Å²) in [5, 5.41) is 3.14. The predicted octanol–water partition coefficient (Wildman–Crippen LogP) is 1.02. The zero-order valence-electron chi connectivity index (χ0n) is 9.56. The fourth-order valence-corrected chi connectivity index (χ4v) is 1.82. The summed E-state index contributed by atoms with van der Waals surface area (Å²) in [7, 11) is 1.63. The van der Waals surface area contributed by atoms with Gasteiger partial charge in [0, 0.05) is 5.69 Å². The molecule has 1 heterocycles. The third-order valence-corrected chi connectivity index (χ3v) is 2.76. The molecule has 0 radical (unpaired) electrons. The van der Waals surface area contributed by atoms with E-state index in [9.17, 15) is 4.79 Å². The predicted molar refractivity (Wildman–Crippen MR) is 62.8 cm³/mol. The number of amides is 1. The van der Waals surface area contributed by atoms with E-state index < -0.39 is 0 Å². The lowest BCUT2D eigenvalue weighted by molar-refractivity contribution is -0.124. The summed E-state index contributed by atoms with van der Waals surface area (Å²) in [4.78, 5) is 13.5. The fraction of sp³-hybridized carbons (Fsp3) is 0.417. The van der Waals surface area contributed by atoms with Gasteiger partial charge in [0.2, 0.25) is 5.91 Å². The number of carbonyl (C=O) groups excluding carboxylic acids is 1. The van der Waals surface area contributed by atoms with Crippen molar-refractivity contribution in [1.82, 2.24) is 5.32 Å². The quantitative estimate of drug-likeness (QED) is 0.770. The second-order valence-electron chi connectivity index (χ2n) is 3.76. The van der Waals surface area contributed by atoms with Crippen LogP contribution in [0.3, 0.4) is 0 Å². The first-order chi connectivity index (χ1) is 7.76. The standard InChI is InChI=1S/C12H16N2O2/c1-3-13-11-8-14(12(11)15)9-4-6-10(16-2)7-5-9/h4-7,11,13H,3,8H2,1-2H3/t11-/m0/s1. The number of methoxy groups -OCH3 is 1. The number of ether oxygens (including phenoxy) is 1. The van der Waals surface area contributed by atoms with E-state index in [0.717, 1.165) is 24.5 Å². The van der Waals surface area contributed by atoms with E-state index in [1.807, 2.05) is 31.2 Å². The number of β-lactam (4-membered cyclic amide) rings is 1. The zero-order valence-corrected chi connectivity index (χ0v) is 9.56. The van der Waals surface area contributed by atoms with Gasteiger partial charge in [-0.2, -0.15) is 0 Å². The summed E-state index contributed by atoms with van der Waals surface area (Å²) in [5.41, 5.74) is 0.931. The molecule has 0 bridgehead atoms. The van der Waals surface area contributed by atoms with Gasteiger partial charge in [-0.3, -0.25) is 4.79 Å². The Kier molecular flexibility index (Phi) is 3.10. The first kappa shape index (κ1) is 11.0. The van der Waals surface area contributed by atoms with Gasteiger partial charge in [-0.25, -0.2) is 0 Å². The first-order valence-electron chi connectivity index (χ1n) is 5.45. The van der Waals surface area contributed by atoms with Crippen LogP contribution in [0.25, 0.3) is 0 Å². The molecule has 1 aliphatic rings. The number of rotatable bonds is 4. The van der Waals surface area contributed by atoms with Gasteiger partial charge in [-0.05, 0) is 30.8 Å². The van der Waals surface area contributed by atoms with Crippen molar-refractivity contribution < 1.29 is 9.53 Å². The van der Waals surface area contributed by atoms with Crippen molar-refractivity contribution in [3.8, 4) is 5.75 Å². The van der Waals surface area contributed by atoms with E-state index in [1.54, 1.807) is 12.0 Å². The van der Waals surface area contributed by atoms with Gasteiger partial charge < -0.3 is 15.0 Å². The molecule has 1 aromatic carbocycles. The Balaban J connectivity index is 2.01. The molecule has 4 nitrogen and oxygen atoms in total. The van der Waals surface area contributed by atoms with Crippen LogP contribution in [0.5, 0.6) is 5.75 Å². The number of hydrogen-bond acceptors (Lipinski definition) is 3. The normalized spacial score (nSPS) is 19.5. The summed E-state index contributed by atoms with van der Waals surface area (Å²) in [6.45, 7) is 3.58. The van der Waals surface area contributed by atoms with Crippen LogP contribution in [0.4, 0.5) is 5.69 Å². The van der Waals surface area contributed by atoms with Gasteiger partial charge in [0.1, 0.15) is 11.8 Å². The fourth-order valence-electron chi connectivity index (χ4n) is 1.82. The van der Waals surface area contributed by atoms with Crippen LogP contribution < -0.4 is 15.0 Å². The van der Waals surface area contributed by atoms with Gasteiger partial charge in [0.25, 0.3) is 0 Å². The Morgan fingerprint density at radius 2 is 2.12 bits per heavy atom. The molecule has 4 heteroatoms. The summed E-state index contributed by atoms with van der Waals surface area (Å²) in [6, 6.07) is 7.52. The minimum Gasteiger partial charge on any atom is -0.497 e. The highest BCUT2D eigenvalue weighted by atomic mass is 16.5. The van der Waals surface area contributed by atoms with E-state index in [0.29, 0.717) is 0 Å². The molecule has 1 amide bonds. The summed E-state index contributed by atoms with van der Waals surface area (Å²) in [5.74, 6) is 0.951. The molecule has 1 fully saturated rings. The van der Waals surface area contributed by atoms with Crippen molar-refractivity contribution in [3.05, 3.63) is 24.3 Å². The molecule has 1 aliphatic heterocycles. The van der Waals surface area contributed by atoms with E-state index in [-0.39, 0.29) is 11.9 Å². The van der Waals surface area contributed by atoms with Crippen LogP contribution >= 0.6 is 0 Å². The van der Waals surface area contributed by atoms with Crippen molar-refractivity contribution in [2.75, 3.05) is 25.1 Å². The molecule has 0 saturated carbocycles. The average Bonchev–Trinajstić information content (AvgIpc) is 2.34. The number of likely N-dealkylation sites (N-methyl/N-ethyl adjacent to an activating group) is 1. The van der Waals surface area contributed by atoms with Crippen molar-refractivity contribution in [3.63, 3.8) is 0 Å². The number of benzene rings is 1. The van der Waals surface area contributed by atoms with Gasteiger partial charge in [0.15, 0.2) is 0 Å². The highest BCUT2D eigenvalue weighted by molar-refractivity contribution is 6.04. The second kappa shape index (κ2) is 4.53. The molecule has 2 rings (SSSR count). The molecular formula is C12H16N2O2. The Morgan fingerprint density at radius 3 is 2.62 bits per heavy atom. The van der Waals surface area contributed by atoms with Crippen LogP contribution in [0.1, 0.15) is 6.92 Å². The Bertz CT molecular complexity index is 375. The third kappa shape index (κ3) is 1.88. The number of nitrogens with one attached hydrogen (secondary N) is 1. The van der Waals surface area contributed by atoms with Crippen molar-refractivity contribution in [1.29, 1.82) is 0 Å². The lowest BCUT2D eigenvalue weighted by atomic mass is 10.1. The van der Waals surface area contributed by atoms with E-state index >= 15 is 0 Å². The lowest BCUT2D eigenvalue weighted by Gasteiger charge is -2.38. The van der Waals surface area contributed by atoms with Crippen LogP contribution in [-0.4, -0.2) is 32.1 Å². The van der Waals surface area contributed by atoms with Crippen molar-refractivity contribution in [2.24, 2.45) is 0 Å². The molecule has 0 unspecified atom stereocenters. The third-order valence-electron chi connectivity index (χ3n) is 2.76. The van der Waals surface area contributed by atoms with Crippen LogP contribution in [0.15, 0.2) is 24.3 Å². The topological polar surface area (TPSA) is 41.6 Å². The van der Waals surface area contributed by atoms with Gasteiger partial charge in [0.05, 0.1) is 13.7 Å². The summed E-state index contributed by atoms with van der Waals surface area (Å²) < 4.78 is 5.07. The SMILES string of the molecule is CCN[C@H]1CN(c2ccc(OC)cc2)C1=O. The van der Waals surface area contributed by atoms with Crippen molar-refractivity contribution >= 4 is 11.6 Å². The summed E-state index contributed by atoms with van der Waals surface area (Å²) >= 11 is 0. The number of nitrogens with zero attached hydrogens (tertiary/aromatic N) is 1. The highest BCUT2D eigenvalue weighted by Gasteiger charge is 2.36. The van der Waals surface area contributed by atoms with Gasteiger partial charge >= 0.3 is 0 Å². The molecule has 1 N–H and O–H groups in total. The zero-order chi connectivity index (χ0) is 11.5. The van der Waals surface area contributed by atoms with Gasteiger partial charge in [-0.1, -0.05) is 6.92 Å². The molecule has 1 atom stereocenters. The van der Waals surface area contributed by atoms with E-state index in [4.69, 9.17) is 4.74 Å². The molecule has 0 aromatic heterocycles. The molecule has 16 heavy (non-hydrogen) atoms. The maximum atomic E-state index is 11.7. The van der Waals surface area contributed by atoms with Gasteiger partial charge in [-0.15, -0.1) is 0 Å². The molecule has 0 spiro atoms. The molecule has 86 valence electrons. The second-order valence-corrected chi connectivity index (χ2v) is 3.76. The number of hydrogen-bond donors (Lipinski definition) is 1. The maximum absolute atomic E-state index is 11.7. The molecule has 1 saturated heterocycles. The van der Waals surface area contributed by atoms with E-state index in [2.05, 4.69) is 5.32 Å². The Morgan fingerprint density at radius 1 is 1.44 bits per heavy atom. The first-order valence-corrected chi connectivity index (χ1v) is 5.45. The number of carbonyl (C=O) groups is 1. The number of anilines is 1. The minimum atomic E-state index is -0.00731. The highest BCUT2D eigenvalue weighted by Crippen LogP contribution is 2.24. The molecular weight excluding hydrogens is 204 g/mol. The summed E-state index contributed by atoms with van der Waals surface area (Å²) in [6.07, 6.45) is 0. The Labute approximate surface area is 95.2 Å². The average molecular weight is 220 g/mol. The smallest absolute Gasteiger partial charge is 0.246 e. The van der Waals surface area contributed by atoms with Crippen LogP contribution in [0.2, 0.25) is 0 Å². The maximum Gasteiger partial charge on any atom is 0.246 e. The van der Waals surface area contributed by atoms with Crippen LogP contribution in [0, 0.1) is 0 Å². The lowest BCUT2D eigenvalue weighted by Crippen LogP contribution is -2.63. The Hall–Kier alpha value is -1.55. The van der Waals surface area contributed by atoms with E-state index in [1.165, 1.54) is 0 Å². The minimum absolute atomic E-state index is 0.00731. The monoisotopic (exact) mass is 220 g/mol. The molecule has 0 aliphatic carbocycles.